The minimum Gasteiger partial charge on any atom is -0.295 e. The number of rotatable bonds is 1. The Balaban J connectivity index is 1.52. The second-order valence-electron chi connectivity index (χ2n) is 9.33. The molecule has 0 aliphatic heterocycles. The Morgan fingerprint density at radius 3 is 2.81 bits per heavy atom. The van der Waals surface area contributed by atoms with E-state index in [1.165, 1.54) is 17.3 Å². The van der Waals surface area contributed by atoms with E-state index in [-0.39, 0.29) is 22.4 Å². The van der Waals surface area contributed by atoms with Crippen molar-refractivity contribution in [2.24, 2.45) is 28.6 Å². The Morgan fingerprint density at radius 2 is 2.00 bits per heavy atom. The zero-order chi connectivity index (χ0) is 18.8. The van der Waals surface area contributed by atoms with Crippen LogP contribution < -0.4 is 0 Å². The first-order valence-corrected chi connectivity index (χ1v) is 10.2. The summed E-state index contributed by atoms with van der Waals surface area (Å²) in [4.78, 5) is 16.0. The Bertz CT molecular complexity index is 913. The van der Waals surface area contributed by atoms with Gasteiger partial charge in [0.1, 0.15) is 5.82 Å². The summed E-state index contributed by atoms with van der Waals surface area (Å²) in [6.07, 6.45) is 16.9. The van der Waals surface area contributed by atoms with Gasteiger partial charge in [-0.1, -0.05) is 32.1 Å². The maximum atomic E-state index is 13.8. The highest BCUT2D eigenvalue weighted by Crippen LogP contribution is 2.65. The Labute approximate surface area is 160 Å². The Kier molecular flexibility index (Phi) is 3.63. The van der Waals surface area contributed by atoms with Crippen LogP contribution in [0.25, 0.3) is 5.57 Å². The van der Waals surface area contributed by atoms with E-state index in [9.17, 15) is 9.18 Å². The number of hydrogen-bond acceptors (Lipinski definition) is 2. The number of halogens is 1. The molecule has 1 aromatic rings. The topological polar surface area (TPSA) is 30.0 Å². The Hall–Kier alpha value is -2.03. The smallest absolute Gasteiger partial charge is 0.156 e. The molecule has 0 spiro atoms. The molecule has 4 aliphatic rings. The van der Waals surface area contributed by atoms with Gasteiger partial charge in [0.2, 0.25) is 0 Å². The van der Waals surface area contributed by atoms with Gasteiger partial charge in [-0.3, -0.25) is 9.78 Å². The highest BCUT2D eigenvalue weighted by atomic mass is 19.1. The van der Waals surface area contributed by atoms with Gasteiger partial charge in [-0.05, 0) is 83.1 Å². The first kappa shape index (κ1) is 17.1. The van der Waals surface area contributed by atoms with E-state index in [1.54, 1.807) is 12.3 Å². The van der Waals surface area contributed by atoms with Crippen molar-refractivity contribution in [3.05, 3.63) is 59.7 Å². The predicted molar refractivity (Wildman–Crippen MR) is 104 cm³/mol. The lowest BCUT2D eigenvalue weighted by atomic mass is 9.48. The van der Waals surface area contributed by atoms with Crippen molar-refractivity contribution in [2.45, 2.75) is 46.0 Å². The molecule has 0 radical (unpaired) electrons. The molecule has 0 saturated heterocycles. The number of aromatic nitrogens is 1. The van der Waals surface area contributed by atoms with Gasteiger partial charge in [0.15, 0.2) is 5.78 Å². The van der Waals surface area contributed by atoms with Gasteiger partial charge in [-0.25, -0.2) is 4.39 Å². The number of fused-ring (bicyclic) bond motifs is 5. The molecular formula is C24H26FNO. The zero-order valence-electron chi connectivity index (χ0n) is 16.0. The highest BCUT2D eigenvalue weighted by Gasteiger charge is 2.55. The van der Waals surface area contributed by atoms with Gasteiger partial charge in [-0.15, -0.1) is 0 Å². The number of nitrogens with zero attached hydrogens (tertiary/aromatic N) is 1. The van der Waals surface area contributed by atoms with Crippen LogP contribution in [0, 0.1) is 34.4 Å². The molecule has 1 aromatic heterocycles. The van der Waals surface area contributed by atoms with Crippen LogP contribution in [-0.2, 0) is 4.79 Å². The fourth-order valence-electron chi connectivity index (χ4n) is 6.58. The first-order valence-electron chi connectivity index (χ1n) is 10.2. The van der Waals surface area contributed by atoms with E-state index in [1.807, 2.05) is 6.08 Å². The molecule has 1 fully saturated rings. The summed E-state index contributed by atoms with van der Waals surface area (Å²) in [5.41, 5.74) is 3.65. The molecule has 3 heteroatoms. The van der Waals surface area contributed by atoms with Crippen LogP contribution in [0.3, 0.4) is 0 Å². The van der Waals surface area contributed by atoms with E-state index < -0.39 is 0 Å². The molecular weight excluding hydrogens is 337 g/mol. The van der Waals surface area contributed by atoms with E-state index in [0.717, 1.165) is 31.2 Å². The average molecular weight is 363 g/mol. The molecule has 5 rings (SSSR count). The number of hydrogen-bond donors (Lipinski definition) is 0. The van der Waals surface area contributed by atoms with Crippen LogP contribution in [0.4, 0.5) is 4.39 Å². The summed E-state index contributed by atoms with van der Waals surface area (Å²) in [6, 6.07) is 1.63. The van der Waals surface area contributed by atoms with E-state index in [4.69, 9.17) is 0 Å². The zero-order valence-corrected chi connectivity index (χ0v) is 16.0. The highest BCUT2D eigenvalue weighted by molar-refractivity contribution is 5.92. The Morgan fingerprint density at radius 1 is 1.15 bits per heavy atom. The van der Waals surface area contributed by atoms with E-state index in [2.05, 4.69) is 37.1 Å². The van der Waals surface area contributed by atoms with E-state index >= 15 is 0 Å². The lowest BCUT2D eigenvalue weighted by Crippen LogP contribution is -2.48. The van der Waals surface area contributed by atoms with Crippen molar-refractivity contribution in [1.29, 1.82) is 0 Å². The molecule has 0 bridgehead atoms. The van der Waals surface area contributed by atoms with Crippen molar-refractivity contribution in [2.75, 3.05) is 0 Å². The third-order valence-electron chi connectivity index (χ3n) is 8.11. The maximum absolute atomic E-state index is 13.8. The van der Waals surface area contributed by atoms with Crippen LogP contribution in [0.5, 0.6) is 0 Å². The van der Waals surface area contributed by atoms with Crippen LogP contribution in [0.2, 0.25) is 0 Å². The van der Waals surface area contributed by atoms with E-state index in [0.29, 0.717) is 24.2 Å². The van der Waals surface area contributed by atoms with Gasteiger partial charge >= 0.3 is 0 Å². The fraction of sp³-hybridized carbons (Fsp3) is 0.500. The molecule has 2 nitrogen and oxygen atoms in total. The molecule has 4 aliphatic carbocycles. The summed E-state index contributed by atoms with van der Waals surface area (Å²) in [6.45, 7) is 4.73. The quantitative estimate of drug-likeness (QED) is 0.657. The first-order chi connectivity index (χ1) is 12.9. The normalized spacial score (nSPS) is 40.0. The largest absolute Gasteiger partial charge is 0.295 e. The molecule has 27 heavy (non-hydrogen) atoms. The molecule has 0 aromatic carbocycles. The molecule has 1 heterocycles. The van der Waals surface area contributed by atoms with Crippen molar-refractivity contribution in [1.82, 2.24) is 4.98 Å². The predicted octanol–water partition coefficient (Wildman–Crippen LogP) is 5.52. The van der Waals surface area contributed by atoms with Gasteiger partial charge in [0.25, 0.3) is 0 Å². The number of pyridine rings is 1. The monoisotopic (exact) mass is 363 g/mol. The average Bonchev–Trinajstić information content (AvgIpc) is 2.99. The van der Waals surface area contributed by atoms with Crippen LogP contribution in [-0.4, -0.2) is 10.8 Å². The second kappa shape index (κ2) is 5.73. The fourth-order valence-corrected chi connectivity index (χ4v) is 6.58. The van der Waals surface area contributed by atoms with Gasteiger partial charge < -0.3 is 0 Å². The van der Waals surface area contributed by atoms with Crippen molar-refractivity contribution in [3.8, 4) is 0 Å². The SMILES string of the molecule is CC12CCC(=O)C=C1C=CC1C2CCC2(C)C(c3cncc(F)c3)=CCC12. The number of ketones is 1. The molecule has 1 saturated carbocycles. The standard InChI is InChI=1S/C24H26FNO/c1-23-9-7-18(27)12-16(23)3-4-19-21-6-5-20(15-11-17(25)14-26-13-15)24(21,2)10-8-22(19)23/h3-5,11-14,19,21-22H,6-10H2,1-2H3. The minimum atomic E-state index is -0.263. The van der Waals surface area contributed by atoms with Crippen molar-refractivity contribution < 1.29 is 9.18 Å². The summed E-state index contributed by atoms with van der Waals surface area (Å²) in [5.74, 6) is 1.67. The number of allylic oxidation sites excluding steroid dienone is 6. The molecule has 5 atom stereocenters. The minimum absolute atomic E-state index is 0.0725. The second-order valence-corrected chi connectivity index (χ2v) is 9.33. The summed E-state index contributed by atoms with van der Waals surface area (Å²) >= 11 is 0. The lowest BCUT2D eigenvalue weighted by Gasteiger charge is -2.55. The molecule has 0 N–H and O–H groups in total. The third-order valence-corrected chi connectivity index (χ3v) is 8.11. The summed E-state index contributed by atoms with van der Waals surface area (Å²) < 4.78 is 13.8. The van der Waals surface area contributed by atoms with Crippen LogP contribution >= 0.6 is 0 Å². The van der Waals surface area contributed by atoms with Crippen molar-refractivity contribution >= 4 is 11.4 Å². The third kappa shape index (κ3) is 2.36. The van der Waals surface area contributed by atoms with Gasteiger partial charge in [0, 0.05) is 12.6 Å². The molecule has 0 amide bonds. The molecule has 5 unspecified atom stereocenters. The van der Waals surface area contributed by atoms with Crippen molar-refractivity contribution in [3.63, 3.8) is 0 Å². The van der Waals surface area contributed by atoms with Gasteiger partial charge in [-0.2, -0.15) is 0 Å². The van der Waals surface area contributed by atoms with Crippen LogP contribution in [0.15, 0.2) is 48.3 Å². The lowest BCUT2D eigenvalue weighted by molar-refractivity contribution is -0.116. The molecule has 140 valence electrons. The number of carbonyl (C=O) groups excluding carboxylic acids is 1. The van der Waals surface area contributed by atoms with Gasteiger partial charge in [0.05, 0.1) is 6.20 Å². The summed E-state index contributed by atoms with van der Waals surface area (Å²) in [7, 11) is 0. The number of carbonyl (C=O) groups is 1. The van der Waals surface area contributed by atoms with Crippen LogP contribution in [0.1, 0.15) is 51.5 Å². The maximum Gasteiger partial charge on any atom is 0.156 e. The summed E-state index contributed by atoms with van der Waals surface area (Å²) in [5, 5.41) is 0.